The summed E-state index contributed by atoms with van der Waals surface area (Å²) in [5.41, 5.74) is 1.72. The van der Waals surface area contributed by atoms with Crippen LogP contribution in [0.4, 0.5) is 5.69 Å². The average molecular weight is 325 g/mol. The molecule has 1 atom stereocenters. The van der Waals surface area contributed by atoms with Crippen LogP contribution in [0.1, 0.15) is 44.6 Å². The number of nitrogens with one attached hydrogen (secondary N) is 2. The molecule has 0 saturated heterocycles. The number of hydrogen-bond acceptors (Lipinski definition) is 3. The molecule has 4 nitrogen and oxygen atoms in total. The van der Waals surface area contributed by atoms with Gasteiger partial charge in [0, 0.05) is 29.2 Å². The molecular formula is C17H25ClN2O2. The summed E-state index contributed by atoms with van der Waals surface area (Å²) in [5, 5.41) is 16.5. The number of anilines is 1. The maximum Gasteiger partial charge on any atom is 0.225 e. The summed E-state index contributed by atoms with van der Waals surface area (Å²) < 4.78 is 0. The first kappa shape index (κ1) is 17.3. The van der Waals surface area contributed by atoms with Crippen LogP contribution in [0, 0.1) is 6.92 Å². The van der Waals surface area contributed by atoms with Crippen molar-refractivity contribution in [1.29, 1.82) is 0 Å². The smallest absolute Gasteiger partial charge is 0.225 e. The molecule has 2 rings (SSSR count). The zero-order valence-corrected chi connectivity index (χ0v) is 14.0. The summed E-state index contributed by atoms with van der Waals surface area (Å²) in [6.45, 7) is 3.95. The molecular weight excluding hydrogens is 300 g/mol. The highest BCUT2D eigenvalue weighted by atomic mass is 35.5. The molecule has 0 bridgehead atoms. The molecule has 3 N–H and O–H groups in total. The van der Waals surface area contributed by atoms with Gasteiger partial charge >= 0.3 is 0 Å². The van der Waals surface area contributed by atoms with E-state index in [1.807, 2.05) is 26.0 Å². The lowest BCUT2D eigenvalue weighted by Crippen LogP contribution is -2.41. The number of aliphatic hydroxyl groups excluding tert-OH is 1. The number of rotatable bonds is 5. The van der Waals surface area contributed by atoms with E-state index < -0.39 is 0 Å². The van der Waals surface area contributed by atoms with Crippen LogP contribution in [0.25, 0.3) is 0 Å². The second-order valence-electron chi connectivity index (χ2n) is 6.29. The molecule has 1 aromatic rings. The molecule has 1 aliphatic rings. The van der Waals surface area contributed by atoms with Gasteiger partial charge in [0.2, 0.25) is 5.91 Å². The van der Waals surface area contributed by atoms with E-state index >= 15 is 0 Å². The van der Waals surface area contributed by atoms with Crippen molar-refractivity contribution in [2.75, 3.05) is 5.32 Å². The van der Waals surface area contributed by atoms with Crippen LogP contribution in [-0.4, -0.2) is 29.2 Å². The summed E-state index contributed by atoms with van der Waals surface area (Å²) in [7, 11) is 0. The third-order valence-electron chi connectivity index (χ3n) is 4.16. The van der Waals surface area contributed by atoms with E-state index in [2.05, 4.69) is 10.6 Å². The molecule has 1 amide bonds. The molecule has 1 aliphatic carbocycles. The molecule has 1 aromatic carbocycles. The van der Waals surface area contributed by atoms with Gasteiger partial charge in [0.1, 0.15) is 0 Å². The van der Waals surface area contributed by atoms with Gasteiger partial charge in [-0.1, -0.05) is 17.7 Å². The van der Waals surface area contributed by atoms with Crippen molar-refractivity contribution in [2.45, 2.75) is 64.1 Å². The first-order valence-electron chi connectivity index (χ1n) is 7.94. The predicted molar refractivity (Wildman–Crippen MR) is 90.3 cm³/mol. The molecule has 0 radical (unpaired) electrons. The highest BCUT2D eigenvalue weighted by molar-refractivity contribution is 6.31. The number of hydrogen-bond donors (Lipinski definition) is 3. The minimum absolute atomic E-state index is 0.0178. The molecule has 1 fully saturated rings. The van der Waals surface area contributed by atoms with E-state index in [1.165, 1.54) is 0 Å². The molecule has 0 spiro atoms. The monoisotopic (exact) mass is 324 g/mol. The molecule has 0 aliphatic heterocycles. The second kappa shape index (κ2) is 7.95. The van der Waals surface area contributed by atoms with Crippen molar-refractivity contribution < 1.29 is 9.90 Å². The summed E-state index contributed by atoms with van der Waals surface area (Å²) >= 11 is 6.06. The Balaban J connectivity index is 1.77. The molecule has 1 saturated carbocycles. The number of benzene rings is 1. The van der Waals surface area contributed by atoms with Crippen molar-refractivity contribution in [1.82, 2.24) is 5.32 Å². The Kier molecular flexibility index (Phi) is 6.24. The Labute approximate surface area is 137 Å². The fraction of sp³-hybridized carbons (Fsp3) is 0.588. The summed E-state index contributed by atoms with van der Waals surface area (Å²) in [5.74, 6) is -0.0178. The number of aryl methyl sites for hydroxylation is 1. The maximum atomic E-state index is 12.1. The topological polar surface area (TPSA) is 61.4 Å². The van der Waals surface area contributed by atoms with Crippen LogP contribution in [-0.2, 0) is 4.79 Å². The zero-order chi connectivity index (χ0) is 16.1. The van der Waals surface area contributed by atoms with Gasteiger partial charge in [-0.3, -0.25) is 4.79 Å². The van der Waals surface area contributed by atoms with Gasteiger partial charge < -0.3 is 15.7 Å². The molecule has 1 unspecified atom stereocenters. The van der Waals surface area contributed by atoms with Crippen molar-refractivity contribution in [3.8, 4) is 0 Å². The molecule has 0 heterocycles. The van der Waals surface area contributed by atoms with E-state index in [4.69, 9.17) is 11.6 Å². The quantitative estimate of drug-likeness (QED) is 0.779. The Bertz CT molecular complexity index is 513. The Hall–Kier alpha value is -1.10. The van der Waals surface area contributed by atoms with Crippen LogP contribution < -0.4 is 10.6 Å². The third kappa shape index (κ3) is 5.27. The number of amides is 1. The van der Waals surface area contributed by atoms with Crippen LogP contribution in [0.5, 0.6) is 0 Å². The van der Waals surface area contributed by atoms with Gasteiger partial charge in [0.05, 0.1) is 6.10 Å². The maximum absolute atomic E-state index is 12.1. The van der Waals surface area contributed by atoms with E-state index in [9.17, 15) is 9.90 Å². The van der Waals surface area contributed by atoms with Crippen LogP contribution in [0.15, 0.2) is 18.2 Å². The largest absolute Gasteiger partial charge is 0.393 e. The average Bonchev–Trinajstić information content (AvgIpc) is 2.45. The van der Waals surface area contributed by atoms with Gasteiger partial charge in [-0.25, -0.2) is 0 Å². The highest BCUT2D eigenvalue weighted by Crippen LogP contribution is 2.21. The number of carbonyl (C=O) groups is 1. The predicted octanol–water partition coefficient (Wildman–Crippen LogP) is 3.26. The first-order valence-corrected chi connectivity index (χ1v) is 8.32. The molecule has 22 heavy (non-hydrogen) atoms. The van der Waals surface area contributed by atoms with Crippen molar-refractivity contribution in [3.05, 3.63) is 28.8 Å². The summed E-state index contributed by atoms with van der Waals surface area (Å²) in [4.78, 5) is 12.1. The van der Waals surface area contributed by atoms with Crippen molar-refractivity contribution in [3.63, 3.8) is 0 Å². The number of carbonyl (C=O) groups excluding carboxylic acids is 1. The van der Waals surface area contributed by atoms with Gasteiger partial charge in [0.15, 0.2) is 0 Å². The second-order valence-corrected chi connectivity index (χ2v) is 6.70. The Morgan fingerprint density at radius 1 is 1.36 bits per heavy atom. The Morgan fingerprint density at radius 3 is 2.68 bits per heavy atom. The molecule has 5 heteroatoms. The first-order chi connectivity index (χ1) is 10.4. The van der Waals surface area contributed by atoms with Crippen molar-refractivity contribution >= 4 is 23.2 Å². The lowest BCUT2D eigenvalue weighted by Gasteiger charge is -2.28. The SMILES string of the molecule is Cc1ccc(NC(=O)CC(C)NC2CCC(O)CC2)cc1Cl. The fourth-order valence-electron chi connectivity index (χ4n) is 2.86. The van der Waals surface area contributed by atoms with E-state index in [-0.39, 0.29) is 18.1 Å². The van der Waals surface area contributed by atoms with Crippen LogP contribution >= 0.6 is 11.6 Å². The van der Waals surface area contributed by atoms with Gasteiger partial charge in [-0.05, 0) is 57.2 Å². The lowest BCUT2D eigenvalue weighted by atomic mass is 9.92. The summed E-state index contributed by atoms with van der Waals surface area (Å²) in [6.07, 6.45) is 3.91. The normalized spacial score (nSPS) is 23.1. The summed E-state index contributed by atoms with van der Waals surface area (Å²) in [6, 6.07) is 6.04. The van der Waals surface area contributed by atoms with Crippen molar-refractivity contribution in [2.24, 2.45) is 0 Å². The van der Waals surface area contributed by atoms with Gasteiger partial charge in [-0.2, -0.15) is 0 Å². The number of halogens is 1. The third-order valence-corrected chi connectivity index (χ3v) is 4.57. The standard InChI is InChI=1S/C17H25ClN2O2/c1-11-3-4-14(10-16(11)18)20-17(22)9-12(2)19-13-5-7-15(21)8-6-13/h3-4,10,12-13,15,19,21H,5-9H2,1-2H3,(H,20,22). The molecule has 0 aromatic heterocycles. The highest BCUT2D eigenvalue weighted by Gasteiger charge is 2.21. The minimum Gasteiger partial charge on any atom is -0.393 e. The molecule has 122 valence electrons. The van der Waals surface area contributed by atoms with Gasteiger partial charge in [0.25, 0.3) is 0 Å². The number of aliphatic hydroxyl groups is 1. The van der Waals surface area contributed by atoms with Crippen LogP contribution in [0.2, 0.25) is 5.02 Å². The zero-order valence-electron chi connectivity index (χ0n) is 13.2. The van der Waals surface area contributed by atoms with Crippen LogP contribution in [0.3, 0.4) is 0 Å². The van der Waals surface area contributed by atoms with Gasteiger partial charge in [-0.15, -0.1) is 0 Å². The minimum atomic E-state index is -0.150. The van der Waals surface area contributed by atoms with E-state index in [0.29, 0.717) is 17.5 Å². The lowest BCUT2D eigenvalue weighted by molar-refractivity contribution is -0.116. The van der Waals surface area contributed by atoms with E-state index in [0.717, 1.165) is 36.9 Å². The van der Waals surface area contributed by atoms with E-state index in [1.54, 1.807) is 6.07 Å². The fourth-order valence-corrected chi connectivity index (χ4v) is 3.05. The Morgan fingerprint density at radius 2 is 2.05 bits per heavy atom.